The Morgan fingerprint density at radius 2 is 2.00 bits per heavy atom. The van der Waals surface area contributed by atoms with Gasteiger partial charge in [-0.15, -0.1) is 0 Å². The van der Waals surface area contributed by atoms with Gasteiger partial charge in [0.05, 0.1) is 12.6 Å². The molecule has 1 unspecified atom stereocenters. The van der Waals surface area contributed by atoms with E-state index in [-0.39, 0.29) is 12.6 Å². The summed E-state index contributed by atoms with van der Waals surface area (Å²) < 4.78 is 0. The number of nitrogens with one attached hydrogen (secondary N) is 1. The van der Waals surface area contributed by atoms with E-state index in [1.54, 1.807) is 0 Å². The molecule has 1 atom stereocenters. The Morgan fingerprint density at radius 3 is 2.69 bits per heavy atom. The molecule has 1 aliphatic rings. The highest BCUT2D eigenvalue weighted by Gasteiger charge is 2.15. The molecule has 2 nitrogen and oxygen atoms in total. The average molecular weight is 219 g/mol. The normalized spacial score (nSPS) is 16.5. The lowest BCUT2D eigenvalue weighted by Crippen LogP contribution is -2.30. The van der Waals surface area contributed by atoms with E-state index in [0.717, 1.165) is 0 Å². The molecular formula is C14H21NO. The molecule has 2 heteroatoms. The van der Waals surface area contributed by atoms with E-state index in [9.17, 15) is 5.11 Å². The third kappa shape index (κ3) is 2.45. The van der Waals surface area contributed by atoms with Crippen molar-refractivity contribution >= 4 is 0 Å². The average Bonchev–Trinajstić information content (AvgIpc) is 2.72. The Morgan fingerprint density at radius 1 is 1.25 bits per heavy atom. The van der Waals surface area contributed by atoms with Crippen molar-refractivity contribution in [2.24, 2.45) is 0 Å². The fourth-order valence-electron chi connectivity index (χ4n) is 2.47. The van der Waals surface area contributed by atoms with Crippen LogP contribution in [0.15, 0.2) is 18.2 Å². The minimum atomic E-state index is 0.0749. The van der Waals surface area contributed by atoms with Crippen LogP contribution in [0.1, 0.15) is 43.0 Å². The number of fused-ring (bicyclic) bond motifs is 1. The van der Waals surface area contributed by atoms with Gasteiger partial charge < -0.3 is 10.4 Å². The quantitative estimate of drug-likeness (QED) is 0.813. The summed E-state index contributed by atoms with van der Waals surface area (Å²) in [5.41, 5.74) is 4.18. The van der Waals surface area contributed by atoms with E-state index in [4.69, 9.17) is 0 Å². The van der Waals surface area contributed by atoms with E-state index in [1.807, 2.05) is 0 Å². The molecule has 0 aliphatic heterocycles. The van der Waals surface area contributed by atoms with Crippen LogP contribution in [0.4, 0.5) is 0 Å². The van der Waals surface area contributed by atoms with E-state index >= 15 is 0 Å². The van der Waals surface area contributed by atoms with Crippen molar-refractivity contribution in [3.8, 4) is 0 Å². The van der Waals surface area contributed by atoms with Crippen LogP contribution in [0.25, 0.3) is 0 Å². The second kappa shape index (κ2) is 4.98. The Labute approximate surface area is 97.7 Å². The molecule has 1 aliphatic carbocycles. The van der Waals surface area contributed by atoms with Gasteiger partial charge in [0.25, 0.3) is 0 Å². The number of aliphatic hydroxyl groups excluding tert-OH is 1. The molecule has 0 amide bonds. The molecule has 0 saturated carbocycles. The fraction of sp³-hybridized carbons (Fsp3) is 0.571. The summed E-state index contributed by atoms with van der Waals surface area (Å²) in [6.45, 7) is 4.38. The van der Waals surface area contributed by atoms with Gasteiger partial charge in [-0.1, -0.05) is 32.0 Å². The predicted molar refractivity (Wildman–Crippen MR) is 66.6 cm³/mol. The van der Waals surface area contributed by atoms with Gasteiger partial charge in [0.2, 0.25) is 0 Å². The molecule has 16 heavy (non-hydrogen) atoms. The highest BCUT2D eigenvalue weighted by atomic mass is 16.3. The van der Waals surface area contributed by atoms with Gasteiger partial charge in [-0.3, -0.25) is 0 Å². The van der Waals surface area contributed by atoms with Crippen molar-refractivity contribution < 1.29 is 5.11 Å². The molecular weight excluding hydrogens is 198 g/mol. The zero-order valence-corrected chi connectivity index (χ0v) is 10.2. The van der Waals surface area contributed by atoms with E-state index in [1.165, 1.54) is 36.0 Å². The van der Waals surface area contributed by atoms with E-state index in [0.29, 0.717) is 6.04 Å². The molecule has 2 rings (SSSR count). The van der Waals surface area contributed by atoms with Crippen LogP contribution in [0.2, 0.25) is 0 Å². The van der Waals surface area contributed by atoms with Crippen molar-refractivity contribution in [3.63, 3.8) is 0 Å². The Kier molecular flexibility index (Phi) is 3.62. The predicted octanol–water partition coefficient (Wildman–Crippen LogP) is 2.21. The molecule has 0 spiro atoms. The van der Waals surface area contributed by atoms with Crippen LogP contribution >= 0.6 is 0 Å². The minimum Gasteiger partial charge on any atom is -0.394 e. The lowest BCUT2D eigenvalue weighted by Gasteiger charge is -2.20. The van der Waals surface area contributed by atoms with Crippen LogP contribution in [0.3, 0.4) is 0 Å². The molecule has 0 fully saturated rings. The number of hydrogen-bond acceptors (Lipinski definition) is 2. The number of aliphatic hydroxyl groups is 1. The van der Waals surface area contributed by atoms with Crippen LogP contribution in [0, 0.1) is 0 Å². The molecule has 0 saturated heterocycles. The van der Waals surface area contributed by atoms with Gasteiger partial charge in [-0.25, -0.2) is 0 Å². The monoisotopic (exact) mass is 219 g/mol. The number of rotatable bonds is 4. The van der Waals surface area contributed by atoms with E-state index < -0.39 is 0 Å². The van der Waals surface area contributed by atoms with Crippen molar-refractivity contribution in [2.75, 3.05) is 6.61 Å². The highest BCUT2D eigenvalue weighted by Crippen LogP contribution is 2.25. The van der Waals surface area contributed by atoms with Crippen LogP contribution in [-0.4, -0.2) is 17.8 Å². The lowest BCUT2D eigenvalue weighted by atomic mass is 10.0. The van der Waals surface area contributed by atoms with E-state index in [2.05, 4.69) is 37.4 Å². The highest BCUT2D eigenvalue weighted by molar-refractivity contribution is 5.36. The minimum absolute atomic E-state index is 0.0749. The largest absolute Gasteiger partial charge is 0.394 e. The van der Waals surface area contributed by atoms with Gasteiger partial charge >= 0.3 is 0 Å². The maximum absolute atomic E-state index is 9.41. The third-order valence-electron chi connectivity index (χ3n) is 3.24. The van der Waals surface area contributed by atoms with Crippen LogP contribution in [0.5, 0.6) is 0 Å². The zero-order chi connectivity index (χ0) is 11.5. The number of benzene rings is 1. The first-order valence-corrected chi connectivity index (χ1v) is 6.19. The molecule has 0 heterocycles. The maximum Gasteiger partial charge on any atom is 0.0626 e. The van der Waals surface area contributed by atoms with Crippen molar-refractivity contribution in [1.82, 2.24) is 5.32 Å². The van der Waals surface area contributed by atoms with Crippen LogP contribution < -0.4 is 5.32 Å². The summed E-state index contributed by atoms with van der Waals surface area (Å²) in [6, 6.07) is 7.11. The molecule has 88 valence electrons. The zero-order valence-electron chi connectivity index (χ0n) is 10.2. The molecule has 0 radical (unpaired) electrons. The summed E-state index contributed by atoms with van der Waals surface area (Å²) in [7, 11) is 0. The molecule has 0 aromatic heterocycles. The van der Waals surface area contributed by atoms with Crippen molar-refractivity contribution in [2.45, 2.75) is 45.2 Å². The lowest BCUT2D eigenvalue weighted by molar-refractivity contribution is 0.237. The molecule has 2 N–H and O–H groups in total. The maximum atomic E-state index is 9.41. The summed E-state index contributed by atoms with van der Waals surface area (Å²) in [5, 5.41) is 12.8. The summed E-state index contributed by atoms with van der Waals surface area (Å²) in [5.74, 6) is 0. The van der Waals surface area contributed by atoms with Gasteiger partial charge in [0, 0.05) is 6.04 Å². The summed E-state index contributed by atoms with van der Waals surface area (Å²) >= 11 is 0. The second-order valence-corrected chi connectivity index (χ2v) is 4.94. The number of aryl methyl sites for hydroxylation is 2. The SMILES string of the molecule is CC(C)NC(CO)c1ccc2c(c1)CCC2. The first-order chi connectivity index (χ1) is 7.70. The number of hydrogen-bond donors (Lipinski definition) is 2. The molecule has 1 aromatic carbocycles. The van der Waals surface area contributed by atoms with Crippen molar-refractivity contribution in [1.29, 1.82) is 0 Å². The molecule has 0 bridgehead atoms. The van der Waals surface area contributed by atoms with Gasteiger partial charge in [-0.2, -0.15) is 0 Å². The topological polar surface area (TPSA) is 32.3 Å². The summed E-state index contributed by atoms with van der Waals surface area (Å²) in [4.78, 5) is 0. The van der Waals surface area contributed by atoms with Crippen molar-refractivity contribution in [3.05, 3.63) is 34.9 Å². The Hall–Kier alpha value is -0.860. The summed E-state index contributed by atoms with van der Waals surface area (Å²) in [6.07, 6.45) is 3.69. The fourth-order valence-corrected chi connectivity index (χ4v) is 2.47. The van der Waals surface area contributed by atoms with Gasteiger partial charge in [0.1, 0.15) is 0 Å². The smallest absolute Gasteiger partial charge is 0.0626 e. The second-order valence-electron chi connectivity index (χ2n) is 4.94. The first-order valence-electron chi connectivity index (χ1n) is 6.19. The Bertz CT molecular complexity index is 360. The molecule has 1 aromatic rings. The first kappa shape index (κ1) is 11.6. The Balaban J connectivity index is 2.18. The third-order valence-corrected chi connectivity index (χ3v) is 3.24. The standard InChI is InChI=1S/C14H21NO/c1-10(2)15-14(9-16)13-7-6-11-4-3-5-12(11)8-13/h6-8,10,14-16H,3-5,9H2,1-2H3. The van der Waals surface area contributed by atoms with Gasteiger partial charge in [-0.05, 0) is 36.0 Å². The van der Waals surface area contributed by atoms with Crippen LogP contribution in [-0.2, 0) is 12.8 Å². The van der Waals surface area contributed by atoms with Gasteiger partial charge in [0.15, 0.2) is 0 Å².